The maximum atomic E-state index is 12.9. The number of nitrogens with zero attached hydrogens (tertiary/aromatic N) is 3. The van der Waals surface area contributed by atoms with Crippen LogP contribution < -0.4 is 0 Å². The maximum Gasteiger partial charge on any atom is 0.243 e. The third-order valence-corrected chi connectivity index (χ3v) is 7.60. The number of hydrogen-bond donors (Lipinski definition) is 0. The van der Waals surface area contributed by atoms with E-state index in [2.05, 4.69) is 5.92 Å². The summed E-state index contributed by atoms with van der Waals surface area (Å²) in [6.07, 6.45) is 5.50. The lowest BCUT2D eigenvalue weighted by molar-refractivity contribution is -0.133. The molecule has 0 aliphatic carbocycles. The van der Waals surface area contributed by atoms with E-state index < -0.39 is 10.0 Å². The lowest BCUT2D eigenvalue weighted by Gasteiger charge is -2.35. The first-order valence-corrected chi connectivity index (χ1v) is 12.2. The third-order valence-electron chi connectivity index (χ3n) is 5.69. The van der Waals surface area contributed by atoms with Crippen LogP contribution in [0, 0.1) is 19.3 Å². The topological polar surface area (TPSA) is 78.0 Å². The Balaban J connectivity index is 1.58. The third kappa shape index (κ3) is 6.29. The number of Topliss-reactive ketones (excluding diaryl/α,β-unsaturated/α-hetero) is 1. The van der Waals surface area contributed by atoms with Crippen LogP contribution >= 0.6 is 0 Å². The van der Waals surface area contributed by atoms with Gasteiger partial charge in [-0.1, -0.05) is 47.9 Å². The number of benzene rings is 2. The molecule has 0 unspecified atom stereocenters. The fourth-order valence-corrected chi connectivity index (χ4v) is 5.15. The molecule has 1 heterocycles. The normalized spacial score (nSPS) is 14.8. The Hall–Kier alpha value is -2.99. The number of aryl methyl sites for hydroxylation is 1. The summed E-state index contributed by atoms with van der Waals surface area (Å²) < 4.78 is 27.3. The summed E-state index contributed by atoms with van der Waals surface area (Å²) in [7, 11) is -3.68. The first kappa shape index (κ1) is 24.6. The van der Waals surface area contributed by atoms with Gasteiger partial charge >= 0.3 is 0 Å². The Kier molecular flexibility index (Phi) is 8.03. The highest BCUT2D eigenvalue weighted by atomic mass is 32.2. The molecule has 1 amide bonds. The van der Waals surface area contributed by atoms with Crippen molar-refractivity contribution >= 4 is 21.7 Å². The van der Waals surface area contributed by atoms with Crippen molar-refractivity contribution in [3.63, 3.8) is 0 Å². The van der Waals surface area contributed by atoms with E-state index in [0.29, 0.717) is 31.7 Å². The van der Waals surface area contributed by atoms with Crippen LogP contribution in [0.25, 0.3) is 0 Å². The van der Waals surface area contributed by atoms with Crippen LogP contribution in [0.4, 0.5) is 0 Å². The molecule has 0 atom stereocenters. The molecule has 7 nitrogen and oxygen atoms in total. The second-order valence-corrected chi connectivity index (χ2v) is 10.1. The van der Waals surface area contributed by atoms with Crippen molar-refractivity contribution in [1.82, 2.24) is 14.1 Å². The number of terminal acetylenes is 1. The zero-order valence-corrected chi connectivity index (χ0v) is 19.8. The number of rotatable bonds is 8. The summed E-state index contributed by atoms with van der Waals surface area (Å²) >= 11 is 0. The van der Waals surface area contributed by atoms with Crippen LogP contribution in [0.15, 0.2) is 53.4 Å². The van der Waals surface area contributed by atoms with Crippen molar-refractivity contribution < 1.29 is 18.0 Å². The van der Waals surface area contributed by atoms with Crippen LogP contribution in [0.2, 0.25) is 0 Å². The van der Waals surface area contributed by atoms with Crippen LogP contribution in [-0.4, -0.2) is 73.5 Å². The van der Waals surface area contributed by atoms with E-state index in [1.165, 1.54) is 41.1 Å². The first-order valence-electron chi connectivity index (χ1n) is 10.8. The van der Waals surface area contributed by atoms with Crippen molar-refractivity contribution in [3.05, 3.63) is 65.2 Å². The van der Waals surface area contributed by atoms with Gasteiger partial charge in [-0.25, -0.2) is 8.42 Å². The van der Waals surface area contributed by atoms with Crippen molar-refractivity contribution in [2.45, 2.75) is 25.3 Å². The maximum absolute atomic E-state index is 12.9. The monoisotopic (exact) mass is 467 g/mol. The molecule has 8 heteroatoms. The van der Waals surface area contributed by atoms with E-state index in [0.717, 1.165) is 5.56 Å². The first-order chi connectivity index (χ1) is 15.7. The minimum absolute atomic E-state index is 0.0692. The molecular formula is C25H29N3O4S. The van der Waals surface area contributed by atoms with Crippen LogP contribution in [-0.2, 0) is 21.4 Å². The number of carbonyl (C=O) groups is 2. The van der Waals surface area contributed by atoms with E-state index in [4.69, 9.17) is 6.42 Å². The van der Waals surface area contributed by atoms with Gasteiger partial charge < -0.3 is 4.90 Å². The molecule has 0 aromatic heterocycles. The second-order valence-electron chi connectivity index (χ2n) is 8.20. The molecule has 0 N–H and O–H groups in total. The molecule has 174 valence electrons. The Morgan fingerprint density at radius 2 is 1.61 bits per heavy atom. The molecular weight excluding hydrogens is 438 g/mol. The number of ketones is 1. The zero-order chi connectivity index (χ0) is 24.0. The summed E-state index contributed by atoms with van der Waals surface area (Å²) in [5.74, 6) is 2.42. The summed E-state index contributed by atoms with van der Waals surface area (Å²) in [5, 5.41) is 0. The Labute approximate surface area is 196 Å². The fourth-order valence-electron chi connectivity index (χ4n) is 3.73. The Morgan fingerprint density at radius 3 is 2.15 bits per heavy atom. The van der Waals surface area contributed by atoms with Gasteiger partial charge in [0.25, 0.3) is 0 Å². The number of amides is 1. The van der Waals surface area contributed by atoms with Gasteiger partial charge in [0.15, 0.2) is 5.78 Å². The van der Waals surface area contributed by atoms with Gasteiger partial charge in [0.2, 0.25) is 15.9 Å². The highest BCUT2D eigenvalue weighted by molar-refractivity contribution is 7.89. The second kappa shape index (κ2) is 10.8. The quantitative estimate of drug-likeness (QED) is 0.439. The fraction of sp³-hybridized carbons (Fsp3) is 0.360. The summed E-state index contributed by atoms with van der Waals surface area (Å²) in [5.41, 5.74) is 2.71. The molecule has 1 saturated heterocycles. The zero-order valence-electron chi connectivity index (χ0n) is 19.0. The average Bonchev–Trinajstić information content (AvgIpc) is 2.81. The predicted octanol–water partition coefficient (Wildman–Crippen LogP) is 2.17. The van der Waals surface area contributed by atoms with E-state index >= 15 is 0 Å². The molecule has 0 bridgehead atoms. The highest BCUT2D eigenvalue weighted by Crippen LogP contribution is 2.19. The molecule has 3 rings (SSSR count). The number of sulfonamides is 1. The van der Waals surface area contributed by atoms with Gasteiger partial charge in [0, 0.05) is 38.3 Å². The van der Waals surface area contributed by atoms with Crippen molar-refractivity contribution in [1.29, 1.82) is 0 Å². The summed E-state index contributed by atoms with van der Waals surface area (Å²) in [4.78, 5) is 28.0. The number of hydrogen-bond acceptors (Lipinski definition) is 5. The lowest BCUT2D eigenvalue weighted by atomic mass is 10.1. The molecule has 1 aliphatic heterocycles. The predicted molar refractivity (Wildman–Crippen MR) is 127 cm³/mol. The molecule has 0 saturated carbocycles. The van der Waals surface area contributed by atoms with Crippen molar-refractivity contribution in [2.75, 3.05) is 39.3 Å². The van der Waals surface area contributed by atoms with E-state index in [9.17, 15) is 18.0 Å². The van der Waals surface area contributed by atoms with Gasteiger partial charge in [-0.05, 0) is 31.5 Å². The van der Waals surface area contributed by atoms with E-state index in [-0.39, 0.29) is 36.2 Å². The molecule has 2 aromatic rings. The lowest BCUT2D eigenvalue weighted by Crippen LogP contribution is -2.52. The molecule has 2 aromatic carbocycles. The van der Waals surface area contributed by atoms with Crippen LogP contribution in [0.3, 0.4) is 0 Å². The van der Waals surface area contributed by atoms with Crippen LogP contribution in [0.5, 0.6) is 0 Å². The van der Waals surface area contributed by atoms with Gasteiger partial charge in [-0.2, -0.15) is 4.31 Å². The number of piperazine rings is 1. The molecule has 0 spiro atoms. The van der Waals surface area contributed by atoms with Gasteiger partial charge in [-0.15, -0.1) is 6.42 Å². The van der Waals surface area contributed by atoms with Gasteiger partial charge in [0.05, 0.1) is 18.0 Å². The average molecular weight is 468 g/mol. The smallest absolute Gasteiger partial charge is 0.243 e. The molecule has 1 fully saturated rings. The highest BCUT2D eigenvalue weighted by Gasteiger charge is 2.30. The molecule has 0 radical (unpaired) electrons. The van der Waals surface area contributed by atoms with Crippen LogP contribution in [0.1, 0.15) is 28.4 Å². The molecule has 1 aliphatic rings. The Morgan fingerprint density at radius 1 is 1.00 bits per heavy atom. The summed E-state index contributed by atoms with van der Waals surface area (Å²) in [6.45, 7) is 5.63. The SMILES string of the molecule is C#CCN(CC(=O)N1CCN(S(=O)(=O)c2ccc(C(C)=O)cc2)CC1)Cc1ccc(C)cc1. The van der Waals surface area contributed by atoms with Gasteiger partial charge in [0.1, 0.15) is 0 Å². The summed E-state index contributed by atoms with van der Waals surface area (Å²) in [6, 6.07) is 14.0. The Bertz CT molecular complexity index is 1130. The standard InChI is InChI=1S/C25H29N3O4S/c1-4-13-26(18-22-7-5-20(2)6-8-22)19-25(30)27-14-16-28(17-15-27)33(31,32)24-11-9-23(10-12-24)21(3)29/h1,5-12H,13-19H2,2-3H3. The minimum Gasteiger partial charge on any atom is -0.339 e. The van der Waals surface area contributed by atoms with E-state index in [1.807, 2.05) is 36.1 Å². The van der Waals surface area contributed by atoms with E-state index in [1.54, 1.807) is 4.90 Å². The van der Waals surface area contributed by atoms with Crippen molar-refractivity contribution in [3.8, 4) is 12.3 Å². The molecule has 33 heavy (non-hydrogen) atoms. The largest absolute Gasteiger partial charge is 0.339 e. The minimum atomic E-state index is -3.68. The van der Waals surface area contributed by atoms with Gasteiger partial charge in [-0.3, -0.25) is 14.5 Å². The number of carbonyl (C=O) groups excluding carboxylic acids is 2. The van der Waals surface area contributed by atoms with Crippen molar-refractivity contribution in [2.24, 2.45) is 0 Å².